The van der Waals surface area contributed by atoms with Crippen LogP contribution < -0.4 is 10.6 Å². The molecule has 0 aromatic rings. The average molecular weight is 285 g/mol. The number of ether oxygens (including phenoxy) is 1. The van der Waals surface area contributed by atoms with Gasteiger partial charge >= 0.3 is 0 Å². The van der Waals surface area contributed by atoms with E-state index >= 15 is 0 Å². The van der Waals surface area contributed by atoms with E-state index in [9.17, 15) is 9.59 Å². The first-order valence-corrected chi connectivity index (χ1v) is 7.33. The summed E-state index contributed by atoms with van der Waals surface area (Å²) in [5.74, 6) is 0.550. The van der Waals surface area contributed by atoms with E-state index in [-0.39, 0.29) is 18.4 Å². The number of carbonyl (C=O) groups is 2. The third-order valence-corrected chi connectivity index (χ3v) is 3.66. The van der Waals surface area contributed by atoms with E-state index in [1.54, 1.807) is 14.2 Å². The van der Waals surface area contributed by atoms with Crippen LogP contribution in [-0.4, -0.2) is 63.7 Å². The third-order valence-electron chi connectivity index (χ3n) is 3.66. The van der Waals surface area contributed by atoms with E-state index in [1.807, 2.05) is 0 Å². The molecule has 0 aliphatic carbocycles. The molecule has 20 heavy (non-hydrogen) atoms. The molecule has 0 atom stereocenters. The number of nitrogens with one attached hydrogen (secondary N) is 2. The Morgan fingerprint density at radius 2 is 2.05 bits per heavy atom. The van der Waals surface area contributed by atoms with Gasteiger partial charge in [-0.2, -0.15) is 0 Å². The summed E-state index contributed by atoms with van der Waals surface area (Å²) in [5, 5.41) is 6.03. The standard InChI is InChI=1S/C14H27N3O3/c1-17(11-13(18)16-9-10-20-2)14(19)4-3-12-5-7-15-8-6-12/h12,15H,3-11H2,1-2H3,(H,16,18). The quantitative estimate of drug-likeness (QED) is 0.615. The number of amides is 2. The van der Waals surface area contributed by atoms with Gasteiger partial charge in [-0.3, -0.25) is 9.59 Å². The van der Waals surface area contributed by atoms with E-state index in [0.29, 0.717) is 25.5 Å². The molecule has 1 saturated heterocycles. The molecule has 2 amide bonds. The third kappa shape index (κ3) is 6.86. The van der Waals surface area contributed by atoms with E-state index in [0.717, 1.165) is 32.4 Å². The van der Waals surface area contributed by atoms with Gasteiger partial charge < -0.3 is 20.3 Å². The number of hydrogen-bond acceptors (Lipinski definition) is 4. The largest absolute Gasteiger partial charge is 0.383 e. The molecule has 0 spiro atoms. The molecule has 0 aromatic carbocycles. The minimum atomic E-state index is -0.139. The zero-order valence-corrected chi connectivity index (χ0v) is 12.6. The second-order valence-corrected chi connectivity index (χ2v) is 5.32. The normalized spacial score (nSPS) is 15.9. The molecule has 0 radical (unpaired) electrons. The van der Waals surface area contributed by atoms with Crippen LogP contribution in [0.4, 0.5) is 0 Å². The Morgan fingerprint density at radius 1 is 1.35 bits per heavy atom. The molecule has 116 valence electrons. The maximum atomic E-state index is 12.0. The second-order valence-electron chi connectivity index (χ2n) is 5.32. The minimum Gasteiger partial charge on any atom is -0.383 e. The van der Waals surface area contributed by atoms with Gasteiger partial charge in [-0.1, -0.05) is 0 Å². The summed E-state index contributed by atoms with van der Waals surface area (Å²) in [7, 11) is 3.27. The lowest BCUT2D eigenvalue weighted by atomic mass is 9.93. The summed E-state index contributed by atoms with van der Waals surface area (Å²) < 4.78 is 4.85. The monoisotopic (exact) mass is 285 g/mol. The molecule has 1 fully saturated rings. The molecule has 2 N–H and O–H groups in total. The number of likely N-dealkylation sites (N-methyl/N-ethyl adjacent to an activating group) is 1. The van der Waals surface area contributed by atoms with Crippen molar-refractivity contribution in [1.29, 1.82) is 0 Å². The topological polar surface area (TPSA) is 70.7 Å². The van der Waals surface area contributed by atoms with E-state index in [2.05, 4.69) is 10.6 Å². The molecule has 0 saturated carbocycles. The van der Waals surface area contributed by atoms with Crippen molar-refractivity contribution in [3.8, 4) is 0 Å². The van der Waals surface area contributed by atoms with Gasteiger partial charge in [0, 0.05) is 27.1 Å². The molecule has 0 bridgehead atoms. The molecule has 0 unspecified atom stereocenters. The molecule has 1 aliphatic rings. The van der Waals surface area contributed by atoms with Gasteiger partial charge in [0.1, 0.15) is 0 Å². The highest BCUT2D eigenvalue weighted by Gasteiger charge is 2.17. The van der Waals surface area contributed by atoms with Crippen LogP contribution in [0.15, 0.2) is 0 Å². The van der Waals surface area contributed by atoms with Crippen molar-refractivity contribution in [1.82, 2.24) is 15.5 Å². The SMILES string of the molecule is COCCNC(=O)CN(C)C(=O)CCC1CCNCC1. The van der Waals surface area contributed by atoms with Gasteiger partial charge in [-0.25, -0.2) is 0 Å². The molecule has 1 aliphatic heterocycles. The van der Waals surface area contributed by atoms with Crippen molar-refractivity contribution in [3.63, 3.8) is 0 Å². The molecule has 6 nitrogen and oxygen atoms in total. The van der Waals surface area contributed by atoms with Crippen molar-refractivity contribution < 1.29 is 14.3 Å². The maximum Gasteiger partial charge on any atom is 0.239 e. The lowest BCUT2D eigenvalue weighted by Gasteiger charge is -2.23. The first kappa shape index (κ1) is 16.9. The Kier molecular flexibility index (Phi) is 8.22. The van der Waals surface area contributed by atoms with Crippen molar-refractivity contribution in [2.75, 3.05) is 46.9 Å². The van der Waals surface area contributed by atoms with Gasteiger partial charge in [0.25, 0.3) is 0 Å². The zero-order valence-electron chi connectivity index (χ0n) is 12.6. The van der Waals surface area contributed by atoms with Gasteiger partial charge in [0.15, 0.2) is 0 Å². The lowest BCUT2D eigenvalue weighted by Crippen LogP contribution is -2.39. The maximum absolute atomic E-state index is 12.0. The summed E-state index contributed by atoms with van der Waals surface area (Å²) in [6.45, 7) is 3.19. The van der Waals surface area contributed by atoms with Crippen LogP contribution in [0, 0.1) is 5.92 Å². The van der Waals surface area contributed by atoms with Crippen LogP contribution in [0.25, 0.3) is 0 Å². The second kappa shape index (κ2) is 9.72. The zero-order chi connectivity index (χ0) is 14.8. The fourth-order valence-corrected chi connectivity index (χ4v) is 2.34. The smallest absolute Gasteiger partial charge is 0.239 e. The minimum absolute atomic E-state index is 0.0467. The van der Waals surface area contributed by atoms with Gasteiger partial charge in [-0.05, 0) is 38.3 Å². The highest BCUT2D eigenvalue weighted by atomic mass is 16.5. The molecule has 0 aromatic heterocycles. The first-order valence-electron chi connectivity index (χ1n) is 7.33. The molecule has 1 heterocycles. The van der Waals surface area contributed by atoms with Crippen LogP contribution in [0.2, 0.25) is 0 Å². The van der Waals surface area contributed by atoms with Crippen LogP contribution in [0.1, 0.15) is 25.7 Å². The van der Waals surface area contributed by atoms with Crippen LogP contribution in [0.3, 0.4) is 0 Å². The predicted octanol–water partition coefficient (Wildman–Crippen LogP) is -0.0128. The summed E-state index contributed by atoms with van der Waals surface area (Å²) in [6.07, 6.45) is 3.76. The van der Waals surface area contributed by atoms with Crippen molar-refractivity contribution in [2.45, 2.75) is 25.7 Å². The average Bonchev–Trinajstić information content (AvgIpc) is 2.46. The Bertz CT molecular complexity index is 304. The predicted molar refractivity (Wildman–Crippen MR) is 77.4 cm³/mol. The molecule has 1 rings (SSSR count). The van der Waals surface area contributed by atoms with Crippen molar-refractivity contribution in [3.05, 3.63) is 0 Å². The Balaban J connectivity index is 2.15. The Morgan fingerprint density at radius 3 is 2.70 bits per heavy atom. The number of nitrogens with zero attached hydrogens (tertiary/aromatic N) is 1. The van der Waals surface area contributed by atoms with E-state index in [1.165, 1.54) is 4.90 Å². The summed E-state index contributed by atoms with van der Waals surface area (Å²) in [5.41, 5.74) is 0. The van der Waals surface area contributed by atoms with E-state index < -0.39 is 0 Å². The molecular weight excluding hydrogens is 258 g/mol. The fraction of sp³-hybridized carbons (Fsp3) is 0.857. The number of rotatable bonds is 8. The number of methoxy groups -OCH3 is 1. The Labute approximate surface area is 121 Å². The first-order chi connectivity index (χ1) is 9.63. The van der Waals surface area contributed by atoms with Crippen LogP contribution >= 0.6 is 0 Å². The Hall–Kier alpha value is -1.14. The number of carbonyl (C=O) groups excluding carboxylic acids is 2. The van der Waals surface area contributed by atoms with Gasteiger partial charge in [0.2, 0.25) is 11.8 Å². The highest BCUT2D eigenvalue weighted by Crippen LogP contribution is 2.18. The fourth-order valence-electron chi connectivity index (χ4n) is 2.34. The van der Waals surface area contributed by atoms with Gasteiger partial charge in [-0.15, -0.1) is 0 Å². The van der Waals surface area contributed by atoms with Crippen molar-refractivity contribution in [2.24, 2.45) is 5.92 Å². The van der Waals surface area contributed by atoms with Gasteiger partial charge in [0.05, 0.1) is 13.2 Å². The highest BCUT2D eigenvalue weighted by molar-refractivity contribution is 5.84. The lowest BCUT2D eigenvalue weighted by molar-refractivity contribution is -0.135. The molecule has 6 heteroatoms. The van der Waals surface area contributed by atoms with Crippen molar-refractivity contribution >= 4 is 11.8 Å². The summed E-state index contributed by atoms with van der Waals surface area (Å²) in [4.78, 5) is 25.0. The summed E-state index contributed by atoms with van der Waals surface area (Å²) in [6, 6.07) is 0. The van der Waals surface area contributed by atoms with Crippen LogP contribution in [0.5, 0.6) is 0 Å². The van der Waals surface area contributed by atoms with E-state index in [4.69, 9.17) is 4.74 Å². The molecular formula is C14H27N3O3. The number of piperidine rings is 1. The number of hydrogen-bond donors (Lipinski definition) is 2. The van der Waals surface area contributed by atoms with Crippen LogP contribution in [-0.2, 0) is 14.3 Å². The summed E-state index contributed by atoms with van der Waals surface area (Å²) >= 11 is 0.